The molecule has 9 heteroatoms. The van der Waals surface area contributed by atoms with Crippen molar-refractivity contribution in [1.82, 2.24) is 19.9 Å². The number of carboxylic acids is 1. The first-order valence-electron chi connectivity index (χ1n) is 11.8. The third-order valence-corrected chi connectivity index (χ3v) is 6.26. The van der Waals surface area contributed by atoms with E-state index in [1.54, 1.807) is 0 Å². The van der Waals surface area contributed by atoms with Crippen molar-refractivity contribution in [2.75, 3.05) is 30.3 Å². The Bertz CT molecular complexity index is 1000. The summed E-state index contributed by atoms with van der Waals surface area (Å²) in [5, 5.41) is 25.1. The van der Waals surface area contributed by atoms with Crippen molar-refractivity contribution in [3.63, 3.8) is 0 Å². The molecule has 2 aromatic heterocycles. The molecule has 1 aliphatic carbocycles. The van der Waals surface area contributed by atoms with Gasteiger partial charge in [0.1, 0.15) is 17.9 Å². The van der Waals surface area contributed by atoms with E-state index in [9.17, 15) is 15.2 Å². The van der Waals surface area contributed by atoms with Gasteiger partial charge < -0.3 is 20.6 Å². The minimum Gasteiger partial charge on any atom is -0.480 e. The van der Waals surface area contributed by atoms with Crippen LogP contribution in [0.2, 0.25) is 0 Å². The van der Waals surface area contributed by atoms with Gasteiger partial charge in [-0.3, -0.25) is 0 Å². The smallest absolute Gasteiger partial charge is 0.326 e. The van der Waals surface area contributed by atoms with Crippen LogP contribution in [0.5, 0.6) is 0 Å². The Balaban J connectivity index is 1.25. The first-order chi connectivity index (χ1) is 16.1. The summed E-state index contributed by atoms with van der Waals surface area (Å²) in [6.07, 6.45) is 11.0. The third kappa shape index (κ3) is 6.39. The number of nitriles is 1. The number of carbonyl (C=O) groups is 1. The number of aliphatic carboxylic acids is 1. The van der Waals surface area contributed by atoms with E-state index >= 15 is 0 Å². The number of hydrogen-bond donors (Lipinski definition) is 3. The topological polar surface area (TPSA) is 127 Å². The summed E-state index contributed by atoms with van der Waals surface area (Å²) in [5.74, 6) is 0.318. The van der Waals surface area contributed by atoms with Gasteiger partial charge >= 0.3 is 5.97 Å². The number of hydrogen-bond acceptors (Lipinski definition) is 8. The van der Waals surface area contributed by atoms with Crippen LogP contribution >= 0.6 is 0 Å². The molecule has 0 bridgehead atoms. The van der Waals surface area contributed by atoms with E-state index in [0.29, 0.717) is 19.0 Å². The van der Waals surface area contributed by atoms with Gasteiger partial charge in [-0.15, -0.1) is 0 Å². The standard InChI is InChI=1S/C24H31N7O2/c25-16-21-23(28-13-12-26-21)30-20(24(32)33)10-15-31(19-8-9-19)14-2-1-5-18-7-6-17-4-3-11-27-22(17)29-18/h6-7,12-13,19-20H,1-5,8-11,14-15H2,(H,27,29)(H,28,30)(H,32,33). The molecule has 2 aliphatic rings. The zero-order chi connectivity index (χ0) is 23.0. The van der Waals surface area contributed by atoms with Crippen LogP contribution in [-0.2, 0) is 17.6 Å². The summed E-state index contributed by atoms with van der Waals surface area (Å²) in [5.41, 5.74) is 2.55. The highest BCUT2D eigenvalue weighted by atomic mass is 16.4. The minimum atomic E-state index is -0.951. The molecule has 0 spiro atoms. The number of unbranched alkanes of at least 4 members (excludes halogenated alkanes) is 1. The Morgan fingerprint density at radius 1 is 1.27 bits per heavy atom. The largest absolute Gasteiger partial charge is 0.480 e. The summed E-state index contributed by atoms with van der Waals surface area (Å²) in [6.45, 7) is 2.65. The molecule has 1 aliphatic heterocycles. The lowest BCUT2D eigenvalue weighted by Crippen LogP contribution is -2.36. The Morgan fingerprint density at radius 2 is 2.12 bits per heavy atom. The zero-order valence-corrected chi connectivity index (χ0v) is 18.8. The van der Waals surface area contributed by atoms with Gasteiger partial charge in [0, 0.05) is 37.2 Å². The average molecular weight is 450 g/mol. The van der Waals surface area contributed by atoms with E-state index in [0.717, 1.165) is 50.3 Å². The van der Waals surface area contributed by atoms with Crippen molar-refractivity contribution in [2.24, 2.45) is 0 Å². The molecule has 4 rings (SSSR count). The fraction of sp³-hybridized carbons (Fsp3) is 0.542. The van der Waals surface area contributed by atoms with Crippen molar-refractivity contribution >= 4 is 17.6 Å². The van der Waals surface area contributed by atoms with Crippen LogP contribution in [0, 0.1) is 11.3 Å². The zero-order valence-electron chi connectivity index (χ0n) is 18.8. The summed E-state index contributed by atoms with van der Waals surface area (Å²) in [7, 11) is 0. The second-order valence-corrected chi connectivity index (χ2v) is 8.75. The molecule has 174 valence electrons. The van der Waals surface area contributed by atoms with Crippen LogP contribution in [0.4, 0.5) is 11.6 Å². The molecule has 1 unspecified atom stereocenters. The predicted molar refractivity (Wildman–Crippen MR) is 125 cm³/mol. The van der Waals surface area contributed by atoms with Crippen molar-refractivity contribution < 1.29 is 9.90 Å². The van der Waals surface area contributed by atoms with Gasteiger partial charge in [-0.1, -0.05) is 6.07 Å². The van der Waals surface area contributed by atoms with Crippen LogP contribution in [0.15, 0.2) is 24.5 Å². The number of pyridine rings is 1. The summed E-state index contributed by atoms with van der Waals surface area (Å²) in [4.78, 5) is 27.0. The quantitative estimate of drug-likeness (QED) is 0.419. The number of anilines is 2. The van der Waals surface area contributed by atoms with E-state index in [-0.39, 0.29) is 11.5 Å². The fourth-order valence-corrected chi connectivity index (χ4v) is 4.29. The predicted octanol–water partition coefficient (Wildman–Crippen LogP) is 2.84. The van der Waals surface area contributed by atoms with E-state index in [4.69, 9.17) is 4.98 Å². The Hall–Kier alpha value is -3.25. The lowest BCUT2D eigenvalue weighted by Gasteiger charge is -2.24. The van der Waals surface area contributed by atoms with Gasteiger partial charge in [0.05, 0.1) is 0 Å². The third-order valence-electron chi connectivity index (χ3n) is 6.26. The Morgan fingerprint density at radius 3 is 2.91 bits per heavy atom. The van der Waals surface area contributed by atoms with Crippen LogP contribution < -0.4 is 10.6 Å². The van der Waals surface area contributed by atoms with E-state index < -0.39 is 12.0 Å². The lowest BCUT2D eigenvalue weighted by atomic mass is 10.1. The molecule has 3 heterocycles. The Labute approximate surface area is 194 Å². The van der Waals surface area contributed by atoms with E-state index in [2.05, 4.69) is 37.6 Å². The van der Waals surface area contributed by atoms with Crippen molar-refractivity contribution in [2.45, 2.75) is 63.5 Å². The molecule has 9 nitrogen and oxygen atoms in total. The van der Waals surface area contributed by atoms with Crippen LogP contribution in [0.1, 0.15) is 55.5 Å². The van der Waals surface area contributed by atoms with Crippen molar-refractivity contribution in [3.05, 3.63) is 41.5 Å². The molecular weight excluding hydrogens is 418 g/mol. The van der Waals surface area contributed by atoms with Crippen LogP contribution in [0.3, 0.4) is 0 Å². The highest BCUT2D eigenvalue weighted by molar-refractivity contribution is 5.77. The fourth-order valence-electron chi connectivity index (χ4n) is 4.29. The van der Waals surface area contributed by atoms with E-state index in [1.165, 1.54) is 37.2 Å². The van der Waals surface area contributed by atoms with Crippen molar-refractivity contribution in [3.8, 4) is 6.07 Å². The molecule has 33 heavy (non-hydrogen) atoms. The number of carboxylic acid groups (broad SMARTS) is 1. The van der Waals surface area contributed by atoms with Gasteiger partial charge in [0.25, 0.3) is 0 Å². The van der Waals surface area contributed by atoms with Gasteiger partial charge in [0.15, 0.2) is 11.5 Å². The SMILES string of the molecule is N#Cc1nccnc1NC(CCN(CCCCc1ccc2c(n1)NCCC2)C1CC1)C(=O)O. The first kappa shape index (κ1) is 22.9. The minimum absolute atomic E-state index is 0.105. The summed E-state index contributed by atoms with van der Waals surface area (Å²) < 4.78 is 0. The Kier molecular flexibility index (Phi) is 7.68. The van der Waals surface area contributed by atoms with Gasteiger partial charge in [-0.05, 0) is 69.5 Å². The molecule has 0 aromatic carbocycles. The molecule has 0 saturated heterocycles. The van der Waals surface area contributed by atoms with Gasteiger partial charge in [0.2, 0.25) is 0 Å². The number of nitrogens with zero attached hydrogens (tertiary/aromatic N) is 5. The molecule has 0 amide bonds. The molecule has 0 radical (unpaired) electrons. The second kappa shape index (κ2) is 11.1. The van der Waals surface area contributed by atoms with Crippen molar-refractivity contribution in [1.29, 1.82) is 5.26 Å². The summed E-state index contributed by atoms with van der Waals surface area (Å²) in [6, 6.07) is 6.04. The number of nitrogens with one attached hydrogen (secondary N) is 2. The first-order valence-corrected chi connectivity index (χ1v) is 11.8. The normalized spacial score (nSPS) is 15.9. The van der Waals surface area contributed by atoms with Crippen LogP contribution in [0.25, 0.3) is 0 Å². The van der Waals surface area contributed by atoms with Crippen LogP contribution in [-0.4, -0.2) is 62.6 Å². The lowest BCUT2D eigenvalue weighted by molar-refractivity contribution is -0.138. The highest BCUT2D eigenvalue weighted by Gasteiger charge is 2.30. The van der Waals surface area contributed by atoms with Gasteiger partial charge in [-0.25, -0.2) is 19.7 Å². The van der Waals surface area contributed by atoms with E-state index in [1.807, 2.05) is 6.07 Å². The maximum absolute atomic E-state index is 11.8. The molecule has 2 aromatic rings. The number of rotatable bonds is 12. The molecule has 1 saturated carbocycles. The summed E-state index contributed by atoms with van der Waals surface area (Å²) >= 11 is 0. The highest BCUT2D eigenvalue weighted by Crippen LogP contribution is 2.28. The molecule has 3 N–H and O–H groups in total. The van der Waals surface area contributed by atoms with Gasteiger partial charge in [-0.2, -0.15) is 5.26 Å². The molecule has 1 atom stereocenters. The molecule has 1 fully saturated rings. The maximum Gasteiger partial charge on any atom is 0.326 e. The number of aryl methyl sites for hydroxylation is 2. The number of aromatic nitrogens is 3. The maximum atomic E-state index is 11.8. The monoisotopic (exact) mass is 449 g/mol. The molecular formula is C24H31N7O2. The second-order valence-electron chi connectivity index (χ2n) is 8.75. The number of fused-ring (bicyclic) bond motifs is 1. The average Bonchev–Trinajstić information content (AvgIpc) is 3.68.